The minimum Gasteiger partial charge on any atom is -0.496 e. The molecule has 0 fully saturated rings. The van der Waals surface area contributed by atoms with Gasteiger partial charge in [0.15, 0.2) is 0 Å². The smallest absolute Gasteiger partial charge is 0.448 e. The Balaban J connectivity index is 2.13. The molecule has 1 aromatic heterocycles. The van der Waals surface area contributed by atoms with Gasteiger partial charge in [0.1, 0.15) is 34.5 Å². The molecule has 1 heterocycles. The maximum absolute atomic E-state index is 13.7. The second-order valence-electron chi connectivity index (χ2n) is 8.13. The molecule has 0 spiro atoms. The van der Waals surface area contributed by atoms with Crippen LogP contribution in [0.25, 0.3) is 24.3 Å². The van der Waals surface area contributed by atoms with Crippen LogP contribution >= 0.6 is 0 Å². The van der Waals surface area contributed by atoms with Crippen molar-refractivity contribution >= 4 is 24.3 Å². The van der Waals surface area contributed by atoms with Crippen molar-refractivity contribution in [2.45, 2.75) is 12.7 Å². The molecule has 2 aromatic carbocycles. The first-order chi connectivity index (χ1) is 18.7. The molecule has 0 saturated carbocycles. The summed E-state index contributed by atoms with van der Waals surface area (Å²) < 4.78 is 74.6. The van der Waals surface area contributed by atoms with Crippen molar-refractivity contribution in [2.75, 3.05) is 42.7 Å². The molecular weight excluding hydrogens is 515 g/mol. The van der Waals surface area contributed by atoms with Gasteiger partial charge in [-0.3, -0.25) is 0 Å². The van der Waals surface area contributed by atoms with Gasteiger partial charge in [-0.2, -0.15) is 17.7 Å². The molecular formula is C29H31F3NO6+. The van der Waals surface area contributed by atoms with Gasteiger partial charge in [0.25, 0.3) is 0 Å². The summed E-state index contributed by atoms with van der Waals surface area (Å²) in [5, 5.41) is 0. The van der Waals surface area contributed by atoms with Crippen molar-refractivity contribution < 1.29 is 46.2 Å². The van der Waals surface area contributed by atoms with Crippen LogP contribution < -0.4 is 33.0 Å². The van der Waals surface area contributed by atoms with Crippen molar-refractivity contribution in [1.82, 2.24) is 0 Å². The number of methoxy groups -OCH3 is 6. The molecule has 3 aromatic rings. The predicted octanol–water partition coefficient (Wildman–Crippen LogP) is 5.93. The van der Waals surface area contributed by atoms with Crippen molar-refractivity contribution in [3.63, 3.8) is 0 Å². The van der Waals surface area contributed by atoms with Crippen LogP contribution in [0.1, 0.15) is 22.5 Å². The molecule has 10 heteroatoms. The Labute approximate surface area is 225 Å². The van der Waals surface area contributed by atoms with Crippen LogP contribution in [0.3, 0.4) is 0 Å². The molecule has 3 rings (SSSR count). The first-order valence-electron chi connectivity index (χ1n) is 11.7. The van der Waals surface area contributed by atoms with Crippen LogP contribution in [0.4, 0.5) is 13.2 Å². The summed E-state index contributed by atoms with van der Waals surface area (Å²) >= 11 is 0. The summed E-state index contributed by atoms with van der Waals surface area (Å²) in [6, 6.07) is 11.5. The first-order valence-corrected chi connectivity index (χ1v) is 11.7. The second kappa shape index (κ2) is 12.9. The van der Waals surface area contributed by atoms with E-state index < -0.39 is 12.7 Å². The van der Waals surface area contributed by atoms with Crippen LogP contribution in [0.2, 0.25) is 0 Å². The quantitative estimate of drug-likeness (QED) is 0.278. The maximum atomic E-state index is 13.7. The third kappa shape index (κ3) is 7.16. The largest absolute Gasteiger partial charge is 0.496 e. The Morgan fingerprint density at radius 2 is 0.949 bits per heavy atom. The Morgan fingerprint density at radius 1 is 0.590 bits per heavy atom. The normalized spacial score (nSPS) is 11.6. The van der Waals surface area contributed by atoms with Gasteiger partial charge in [-0.15, -0.1) is 0 Å². The van der Waals surface area contributed by atoms with Gasteiger partial charge in [0.05, 0.1) is 53.8 Å². The maximum Gasteiger partial charge on any atom is 0.448 e. The fourth-order valence-corrected chi connectivity index (χ4v) is 3.96. The Bertz CT molecular complexity index is 1210. The molecule has 0 atom stereocenters. The minimum atomic E-state index is -4.47. The van der Waals surface area contributed by atoms with E-state index in [2.05, 4.69) is 0 Å². The molecule has 0 aliphatic heterocycles. The number of nitrogens with zero attached hydrogens (tertiary/aromatic N) is 1. The van der Waals surface area contributed by atoms with Crippen molar-refractivity contribution in [1.29, 1.82) is 0 Å². The van der Waals surface area contributed by atoms with E-state index in [0.717, 1.165) is 4.57 Å². The number of halogens is 3. The van der Waals surface area contributed by atoms with Gasteiger partial charge in [0, 0.05) is 48.6 Å². The number of pyridine rings is 1. The molecule has 0 N–H and O–H groups in total. The van der Waals surface area contributed by atoms with Crippen LogP contribution in [0.15, 0.2) is 42.5 Å². The molecule has 0 bridgehead atoms. The highest BCUT2D eigenvalue weighted by molar-refractivity contribution is 5.77. The lowest BCUT2D eigenvalue weighted by Crippen LogP contribution is -2.46. The first kappa shape index (κ1) is 29.2. The monoisotopic (exact) mass is 546 g/mol. The van der Waals surface area contributed by atoms with E-state index in [1.807, 2.05) is 0 Å². The van der Waals surface area contributed by atoms with E-state index in [1.165, 1.54) is 42.7 Å². The number of benzene rings is 2. The Hall–Kier alpha value is -4.34. The van der Waals surface area contributed by atoms with Gasteiger partial charge >= 0.3 is 6.18 Å². The highest BCUT2D eigenvalue weighted by Crippen LogP contribution is 2.36. The second-order valence-corrected chi connectivity index (χ2v) is 8.13. The average molecular weight is 547 g/mol. The van der Waals surface area contributed by atoms with Gasteiger partial charge in [-0.25, -0.2) is 0 Å². The summed E-state index contributed by atoms with van der Waals surface area (Å²) in [5.41, 5.74) is 1.71. The molecule has 39 heavy (non-hydrogen) atoms. The third-order valence-electron chi connectivity index (χ3n) is 5.84. The predicted molar refractivity (Wildman–Crippen MR) is 143 cm³/mol. The van der Waals surface area contributed by atoms with E-state index >= 15 is 0 Å². The number of rotatable bonds is 11. The van der Waals surface area contributed by atoms with Crippen molar-refractivity contribution in [2.24, 2.45) is 0 Å². The zero-order chi connectivity index (χ0) is 28.6. The Kier molecular flexibility index (Phi) is 9.70. The summed E-state index contributed by atoms with van der Waals surface area (Å²) in [4.78, 5) is 0. The molecule has 7 nitrogen and oxygen atoms in total. The molecule has 0 aliphatic carbocycles. The van der Waals surface area contributed by atoms with E-state index in [4.69, 9.17) is 28.4 Å². The number of alkyl halides is 3. The lowest BCUT2D eigenvalue weighted by molar-refractivity contribution is -0.722. The fourth-order valence-electron chi connectivity index (χ4n) is 3.96. The van der Waals surface area contributed by atoms with E-state index in [9.17, 15) is 13.2 Å². The summed E-state index contributed by atoms with van der Waals surface area (Å²) in [7, 11) is 8.98. The molecule has 0 amide bonds. The third-order valence-corrected chi connectivity index (χ3v) is 5.84. The highest BCUT2D eigenvalue weighted by Gasteiger charge is 2.35. The molecule has 0 saturated heterocycles. The van der Waals surface area contributed by atoms with Crippen molar-refractivity contribution in [3.05, 3.63) is 65.0 Å². The summed E-state index contributed by atoms with van der Waals surface area (Å²) in [6.45, 7) is -1.21. The van der Waals surface area contributed by atoms with Crippen molar-refractivity contribution in [3.8, 4) is 34.5 Å². The summed E-state index contributed by atoms with van der Waals surface area (Å²) in [6.07, 6.45) is 1.96. The van der Waals surface area contributed by atoms with Crippen LogP contribution in [-0.2, 0) is 6.54 Å². The number of hydrogen-bond donors (Lipinski definition) is 0. The SMILES string of the molecule is COc1cc(OC)c(/C=C/c2cccc(/C=C/c3c(OC)cc(OC)cc3OC)[n+]2CC(F)(F)F)c(OC)c1. The summed E-state index contributed by atoms with van der Waals surface area (Å²) in [5.74, 6) is 2.81. The van der Waals surface area contributed by atoms with E-state index in [-0.39, 0.29) is 0 Å². The fraction of sp³-hybridized carbons (Fsp3) is 0.276. The van der Waals surface area contributed by atoms with Gasteiger partial charge in [-0.1, -0.05) is 0 Å². The lowest BCUT2D eigenvalue weighted by atomic mass is 10.1. The number of aromatic nitrogens is 1. The van der Waals surface area contributed by atoms with E-state index in [1.54, 1.807) is 66.8 Å². The average Bonchev–Trinajstić information content (AvgIpc) is 2.93. The number of ether oxygens (including phenoxy) is 6. The zero-order valence-corrected chi connectivity index (χ0v) is 22.6. The molecule has 0 aliphatic rings. The standard InChI is InChI=1S/C29H31F3NO6/c1-34-21-14-25(36-3)23(26(15-21)37-4)12-10-19-8-7-9-20(33(19)18-29(30,31)32)11-13-24-27(38-5)16-22(35-2)17-28(24)39-6/h7-17H,18H2,1-6H3/q+1/b12-10+,13-11+. The van der Waals surface area contributed by atoms with Crippen LogP contribution in [-0.4, -0.2) is 48.8 Å². The molecule has 0 radical (unpaired) electrons. The zero-order valence-electron chi connectivity index (χ0n) is 22.6. The van der Waals surface area contributed by atoms with Gasteiger partial charge < -0.3 is 28.4 Å². The topological polar surface area (TPSA) is 59.3 Å². The van der Waals surface area contributed by atoms with Crippen LogP contribution in [0, 0.1) is 0 Å². The van der Waals surface area contributed by atoms with Gasteiger partial charge in [-0.05, 0) is 18.2 Å². The van der Waals surface area contributed by atoms with Gasteiger partial charge in [0.2, 0.25) is 17.9 Å². The number of hydrogen-bond acceptors (Lipinski definition) is 6. The highest BCUT2D eigenvalue weighted by atomic mass is 19.4. The van der Waals surface area contributed by atoms with E-state index in [0.29, 0.717) is 57.0 Å². The van der Waals surface area contributed by atoms with Crippen LogP contribution in [0.5, 0.6) is 34.5 Å². The molecule has 0 unspecified atom stereocenters. The minimum absolute atomic E-state index is 0.308. The molecule has 208 valence electrons. The lowest BCUT2D eigenvalue weighted by Gasteiger charge is -2.13. The Morgan fingerprint density at radius 3 is 1.23 bits per heavy atom.